The summed E-state index contributed by atoms with van der Waals surface area (Å²) in [5.41, 5.74) is 1.10. The lowest BCUT2D eigenvalue weighted by Crippen LogP contribution is -2.37. The lowest BCUT2D eigenvalue weighted by Gasteiger charge is -2.34. The highest BCUT2D eigenvalue weighted by molar-refractivity contribution is 7.15. The van der Waals surface area contributed by atoms with Gasteiger partial charge in [-0.2, -0.15) is 0 Å². The summed E-state index contributed by atoms with van der Waals surface area (Å²) in [6.45, 7) is 4.47. The lowest BCUT2D eigenvalue weighted by atomic mass is 9.92. The molecule has 2 rings (SSSR count). The van der Waals surface area contributed by atoms with Crippen LogP contribution in [0.15, 0.2) is 0 Å². The number of thiazole rings is 1. The van der Waals surface area contributed by atoms with Gasteiger partial charge >= 0.3 is 0 Å². The summed E-state index contributed by atoms with van der Waals surface area (Å²) in [4.78, 5) is 8.07. The van der Waals surface area contributed by atoms with E-state index in [0.29, 0.717) is 12.0 Å². The number of hydrogen-bond acceptors (Lipinski definition) is 4. The van der Waals surface area contributed by atoms with Crippen LogP contribution in [0.4, 0.5) is 5.13 Å². The normalized spacial score (nSPS) is 17.9. The largest absolute Gasteiger partial charge is 0.391 e. The molecular weight excluding hydrogens is 232 g/mol. The molecule has 0 bridgehead atoms. The maximum atomic E-state index is 9.42. The van der Waals surface area contributed by atoms with Gasteiger partial charge in [0.15, 0.2) is 5.13 Å². The minimum Gasteiger partial charge on any atom is -0.391 e. The third-order valence-electron chi connectivity index (χ3n) is 3.86. The van der Waals surface area contributed by atoms with Gasteiger partial charge < -0.3 is 10.0 Å². The molecule has 0 aromatic carbocycles. The molecule has 96 valence electrons. The number of rotatable bonds is 5. The molecule has 0 aliphatic heterocycles. The van der Waals surface area contributed by atoms with Crippen LogP contribution in [0.1, 0.15) is 56.0 Å². The van der Waals surface area contributed by atoms with Crippen LogP contribution in [0.5, 0.6) is 0 Å². The predicted molar refractivity (Wildman–Crippen MR) is 72.8 cm³/mol. The average Bonchev–Trinajstić information content (AvgIpc) is 2.69. The Bertz CT molecular complexity index is 373. The summed E-state index contributed by atoms with van der Waals surface area (Å²) in [6, 6.07) is 0.664. The Hall–Kier alpha value is -0.610. The molecule has 17 heavy (non-hydrogen) atoms. The van der Waals surface area contributed by atoms with E-state index in [4.69, 9.17) is 4.98 Å². The minimum atomic E-state index is 0.121. The minimum absolute atomic E-state index is 0.121. The van der Waals surface area contributed by atoms with E-state index in [1.165, 1.54) is 19.3 Å². The van der Waals surface area contributed by atoms with Crippen molar-refractivity contribution < 1.29 is 5.11 Å². The van der Waals surface area contributed by atoms with Gasteiger partial charge in [-0.3, -0.25) is 0 Å². The van der Waals surface area contributed by atoms with Crippen LogP contribution in [-0.2, 0) is 6.61 Å². The fraction of sp³-hybridized carbons (Fsp3) is 0.769. The van der Waals surface area contributed by atoms with E-state index in [1.54, 1.807) is 11.3 Å². The van der Waals surface area contributed by atoms with Crippen molar-refractivity contribution in [2.45, 2.75) is 58.1 Å². The van der Waals surface area contributed by atoms with Crippen LogP contribution in [0.2, 0.25) is 0 Å². The second-order valence-corrected chi connectivity index (χ2v) is 6.03. The van der Waals surface area contributed by atoms with Crippen LogP contribution in [0.25, 0.3) is 0 Å². The molecule has 0 spiro atoms. The van der Waals surface area contributed by atoms with Gasteiger partial charge in [-0.15, -0.1) is 0 Å². The van der Waals surface area contributed by atoms with Gasteiger partial charge in [0.05, 0.1) is 17.2 Å². The van der Waals surface area contributed by atoms with Crippen molar-refractivity contribution in [3.63, 3.8) is 0 Å². The van der Waals surface area contributed by atoms with Crippen molar-refractivity contribution in [1.82, 2.24) is 4.98 Å². The number of aliphatic hydroxyl groups is 1. The Morgan fingerprint density at radius 3 is 2.71 bits per heavy atom. The maximum Gasteiger partial charge on any atom is 0.185 e. The van der Waals surface area contributed by atoms with Gasteiger partial charge in [0.2, 0.25) is 0 Å². The summed E-state index contributed by atoms with van der Waals surface area (Å²) in [7, 11) is 2.13. The number of aliphatic hydroxyl groups excluding tert-OH is 1. The highest BCUT2D eigenvalue weighted by Gasteiger charge is 2.25. The van der Waals surface area contributed by atoms with Gasteiger partial charge in [0, 0.05) is 13.1 Å². The number of anilines is 1. The molecule has 1 aliphatic carbocycles. The molecule has 1 N–H and O–H groups in total. The first-order chi connectivity index (χ1) is 8.17. The van der Waals surface area contributed by atoms with Gasteiger partial charge in [-0.1, -0.05) is 25.2 Å². The van der Waals surface area contributed by atoms with Crippen molar-refractivity contribution in [2.75, 3.05) is 11.9 Å². The smallest absolute Gasteiger partial charge is 0.185 e. The molecule has 0 amide bonds. The Labute approximate surface area is 107 Å². The first kappa shape index (κ1) is 12.8. The van der Waals surface area contributed by atoms with Crippen LogP contribution in [-0.4, -0.2) is 23.2 Å². The van der Waals surface area contributed by atoms with E-state index in [-0.39, 0.29) is 6.61 Å². The molecule has 0 saturated heterocycles. The van der Waals surface area contributed by atoms with Crippen molar-refractivity contribution in [3.05, 3.63) is 10.6 Å². The quantitative estimate of drug-likeness (QED) is 0.877. The molecule has 1 aromatic rings. The second-order valence-electron chi connectivity index (χ2n) is 4.97. The van der Waals surface area contributed by atoms with Crippen LogP contribution < -0.4 is 4.90 Å². The van der Waals surface area contributed by atoms with Gasteiger partial charge in [0.25, 0.3) is 0 Å². The fourth-order valence-corrected chi connectivity index (χ4v) is 3.20. The lowest BCUT2D eigenvalue weighted by molar-refractivity contribution is 0.283. The third kappa shape index (κ3) is 2.47. The Morgan fingerprint density at radius 1 is 1.53 bits per heavy atom. The Balaban J connectivity index is 2.20. The van der Waals surface area contributed by atoms with E-state index in [2.05, 4.69) is 25.8 Å². The van der Waals surface area contributed by atoms with E-state index in [0.717, 1.165) is 22.1 Å². The molecular formula is C13H22N2OS. The van der Waals surface area contributed by atoms with Crippen molar-refractivity contribution >= 4 is 16.5 Å². The zero-order valence-corrected chi connectivity index (χ0v) is 11.8. The zero-order valence-electron chi connectivity index (χ0n) is 10.9. The summed E-state index contributed by atoms with van der Waals surface area (Å²) in [5, 5.41) is 10.5. The number of nitrogens with zero attached hydrogens (tertiary/aromatic N) is 2. The predicted octanol–water partition coefficient (Wildman–Crippen LogP) is 3.14. The average molecular weight is 254 g/mol. The van der Waals surface area contributed by atoms with E-state index < -0.39 is 0 Å². The Morgan fingerprint density at radius 2 is 2.24 bits per heavy atom. The number of hydrogen-bond donors (Lipinski definition) is 1. The number of aromatic nitrogens is 1. The summed E-state index contributed by atoms with van der Waals surface area (Å²) >= 11 is 1.65. The zero-order chi connectivity index (χ0) is 12.4. The molecule has 3 nitrogen and oxygen atoms in total. The highest BCUT2D eigenvalue weighted by Crippen LogP contribution is 2.35. The monoisotopic (exact) mass is 254 g/mol. The van der Waals surface area contributed by atoms with Gasteiger partial charge in [0.1, 0.15) is 0 Å². The summed E-state index contributed by atoms with van der Waals surface area (Å²) in [5.74, 6) is 0.442. The SMILES string of the molecule is CCC(C)c1nc(N(C)C2CCC2)sc1CO. The molecule has 1 saturated carbocycles. The molecule has 1 aliphatic rings. The van der Waals surface area contributed by atoms with Crippen molar-refractivity contribution in [2.24, 2.45) is 0 Å². The summed E-state index contributed by atoms with van der Waals surface area (Å²) in [6.07, 6.45) is 4.97. The highest BCUT2D eigenvalue weighted by atomic mass is 32.1. The topological polar surface area (TPSA) is 36.4 Å². The molecule has 1 atom stereocenters. The fourth-order valence-electron chi connectivity index (χ4n) is 2.12. The van der Waals surface area contributed by atoms with E-state index in [1.807, 2.05) is 0 Å². The first-order valence-electron chi connectivity index (χ1n) is 6.50. The molecule has 1 fully saturated rings. The molecule has 4 heteroatoms. The van der Waals surface area contributed by atoms with E-state index in [9.17, 15) is 5.11 Å². The van der Waals surface area contributed by atoms with Crippen LogP contribution >= 0.6 is 11.3 Å². The van der Waals surface area contributed by atoms with Crippen molar-refractivity contribution in [1.29, 1.82) is 0 Å². The molecule has 1 heterocycles. The molecule has 0 radical (unpaired) electrons. The van der Waals surface area contributed by atoms with Gasteiger partial charge in [-0.25, -0.2) is 4.98 Å². The molecule has 1 aromatic heterocycles. The Kier molecular flexibility index (Phi) is 4.05. The maximum absolute atomic E-state index is 9.42. The third-order valence-corrected chi connectivity index (χ3v) is 5.01. The summed E-state index contributed by atoms with van der Waals surface area (Å²) < 4.78 is 0. The van der Waals surface area contributed by atoms with E-state index >= 15 is 0 Å². The van der Waals surface area contributed by atoms with Crippen LogP contribution in [0.3, 0.4) is 0 Å². The standard InChI is InChI=1S/C13H22N2OS/c1-4-9(2)12-11(8-16)17-13(14-12)15(3)10-6-5-7-10/h9-10,16H,4-8H2,1-3H3. The van der Waals surface area contributed by atoms with Crippen molar-refractivity contribution in [3.8, 4) is 0 Å². The molecule has 1 unspecified atom stereocenters. The second kappa shape index (κ2) is 5.36. The van der Waals surface area contributed by atoms with Crippen LogP contribution in [0, 0.1) is 0 Å². The van der Waals surface area contributed by atoms with Gasteiger partial charge in [-0.05, 0) is 31.6 Å². The first-order valence-corrected chi connectivity index (χ1v) is 7.32.